The van der Waals surface area contributed by atoms with Crippen molar-refractivity contribution in [3.05, 3.63) is 99.2 Å². The maximum atomic E-state index is 13.0. The summed E-state index contributed by atoms with van der Waals surface area (Å²) in [6.07, 6.45) is 0. The zero-order valence-corrected chi connectivity index (χ0v) is 20.8. The van der Waals surface area contributed by atoms with Crippen LogP contribution < -0.4 is 15.4 Å². The average molecular weight is 473 g/mol. The monoisotopic (exact) mass is 472 g/mol. The van der Waals surface area contributed by atoms with Crippen molar-refractivity contribution in [2.24, 2.45) is 0 Å². The first kappa shape index (κ1) is 23.4. The molecule has 6 nitrogen and oxygen atoms in total. The highest BCUT2D eigenvalue weighted by molar-refractivity contribution is 7.16. The zero-order chi connectivity index (χ0) is 24.2. The van der Waals surface area contributed by atoms with Crippen molar-refractivity contribution < 1.29 is 9.53 Å². The second-order valence-corrected chi connectivity index (χ2v) is 9.40. The molecule has 1 atom stereocenters. The van der Waals surface area contributed by atoms with E-state index in [2.05, 4.69) is 34.4 Å². The lowest BCUT2D eigenvalue weighted by Gasteiger charge is -2.22. The maximum absolute atomic E-state index is 13.0. The number of amides is 1. The van der Waals surface area contributed by atoms with Gasteiger partial charge in [-0.1, -0.05) is 30.3 Å². The van der Waals surface area contributed by atoms with Gasteiger partial charge in [0.05, 0.1) is 13.2 Å². The largest absolute Gasteiger partial charge is 0.497 e. The van der Waals surface area contributed by atoms with E-state index in [4.69, 9.17) is 4.74 Å². The summed E-state index contributed by atoms with van der Waals surface area (Å²) in [4.78, 5) is 23.4. The van der Waals surface area contributed by atoms with Gasteiger partial charge in [0.25, 0.3) is 5.91 Å². The van der Waals surface area contributed by atoms with Crippen LogP contribution in [0.1, 0.15) is 49.4 Å². The van der Waals surface area contributed by atoms with Crippen LogP contribution in [-0.4, -0.2) is 23.0 Å². The van der Waals surface area contributed by atoms with E-state index < -0.39 is 0 Å². The molecule has 1 amide bonds. The number of rotatable bonds is 7. The molecule has 4 rings (SSSR count). The summed E-state index contributed by atoms with van der Waals surface area (Å²) in [6, 6.07) is 18.8. The first-order chi connectivity index (χ1) is 16.4. The molecular weight excluding hydrogens is 444 g/mol. The van der Waals surface area contributed by atoms with Gasteiger partial charge >= 0.3 is 0 Å². The molecule has 0 radical (unpaired) electrons. The molecule has 4 aromatic rings. The van der Waals surface area contributed by atoms with Gasteiger partial charge in [-0.3, -0.25) is 4.79 Å². The van der Waals surface area contributed by atoms with E-state index >= 15 is 0 Å². The van der Waals surface area contributed by atoms with Gasteiger partial charge in [-0.25, -0.2) is 9.97 Å². The topological polar surface area (TPSA) is 76.1 Å². The minimum absolute atomic E-state index is 0.140. The van der Waals surface area contributed by atoms with Crippen molar-refractivity contribution in [1.29, 1.82) is 0 Å². The fourth-order valence-corrected chi connectivity index (χ4v) is 4.98. The van der Waals surface area contributed by atoms with Gasteiger partial charge in [-0.05, 0) is 69.2 Å². The Hall–Kier alpha value is -3.71. The standard InChI is InChI=1S/C27H28N4O2S/c1-16-15-17(2)29-27(28-16)30-24(20-11-13-22(33-5)14-12-20)23-18(3)19(4)34-26(23)31-25(32)21-9-7-6-8-10-21/h6-15,24H,1-5H3,(H,31,32)(H,28,29,30)/t24-/m1/s1. The Kier molecular flexibility index (Phi) is 6.93. The fraction of sp³-hybridized carbons (Fsp3) is 0.222. The van der Waals surface area contributed by atoms with Crippen molar-refractivity contribution in [1.82, 2.24) is 9.97 Å². The Bertz CT molecular complexity index is 1280. The maximum Gasteiger partial charge on any atom is 0.256 e. The smallest absolute Gasteiger partial charge is 0.256 e. The zero-order valence-electron chi connectivity index (χ0n) is 20.0. The Morgan fingerprint density at radius 3 is 2.21 bits per heavy atom. The molecule has 0 aliphatic carbocycles. The molecule has 0 fully saturated rings. The summed E-state index contributed by atoms with van der Waals surface area (Å²) >= 11 is 1.57. The Morgan fingerprint density at radius 1 is 0.941 bits per heavy atom. The average Bonchev–Trinajstić information content (AvgIpc) is 3.10. The van der Waals surface area contributed by atoms with Gasteiger partial charge in [0, 0.05) is 27.4 Å². The molecule has 0 spiro atoms. The third-order valence-corrected chi connectivity index (χ3v) is 6.83. The second kappa shape index (κ2) is 10.1. The van der Waals surface area contributed by atoms with E-state index in [9.17, 15) is 4.79 Å². The number of anilines is 2. The van der Waals surface area contributed by atoms with Gasteiger partial charge in [-0.2, -0.15) is 0 Å². The number of ether oxygens (including phenoxy) is 1. The third kappa shape index (κ3) is 5.10. The number of aryl methyl sites for hydroxylation is 3. The highest BCUT2D eigenvalue weighted by atomic mass is 32.1. The van der Waals surface area contributed by atoms with Crippen molar-refractivity contribution in [3.8, 4) is 5.75 Å². The highest BCUT2D eigenvalue weighted by Crippen LogP contribution is 2.41. The second-order valence-electron chi connectivity index (χ2n) is 8.17. The predicted octanol–water partition coefficient (Wildman–Crippen LogP) is 6.23. The molecule has 2 N–H and O–H groups in total. The molecule has 34 heavy (non-hydrogen) atoms. The minimum Gasteiger partial charge on any atom is -0.497 e. The number of aromatic nitrogens is 2. The number of hydrogen-bond acceptors (Lipinski definition) is 6. The Labute approximate surface area is 204 Å². The summed E-state index contributed by atoms with van der Waals surface area (Å²) < 4.78 is 5.36. The number of nitrogens with one attached hydrogen (secondary N) is 2. The Morgan fingerprint density at radius 2 is 1.59 bits per heavy atom. The summed E-state index contributed by atoms with van der Waals surface area (Å²) in [5, 5.41) is 7.48. The summed E-state index contributed by atoms with van der Waals surface area (Å²) in [5.74, 6) is 1.18. The molecule has 0 bridgehead atoms. The number of methoxy groups -OCH3 is 1. The molecule has 2 aromatic heterocycles. The predicted molar refractivity (Wildman–Crippen MR) is 138 cm³/mol. The van der Waals surface area contributed by atoms with Gasteiger partial charge in [0.2, 0.25) is 5.95 Å². The molecule has 2 heterocycles. The van der Waals surface area contributed by atoms with E-state index in [-0.39, 0.29) is 11.9 Å². The Balaban J connectivity index is 1.79. The lowest BCUT2D eigenvalue weighted by atomic mass is 9.96. The first-order valence-corrected chi connectivity index (χ1v) is 11.9. The van der Waals surface area contributed by atoms with Crippen molar-refractivity contribution in [3.63, 3.8) is 0 Å². The van der Waals surface area contributed by atoms with E-state index in [1.807, 2.05) is 74.5 Å². The summed E-state index contributed by atoms with van der Waals surface area (Å²) in [7, 11) is 1.65. The molecule has 0 unspecified atom stereocenters. The molecule has 2 aromatic carbocycles. The molecule has 174 valence electrons. The van der Waals surface area contributed by atoms with Gasteiger partial charge in [0.15, 0.2) is 0 Å². The minimum atomic E-state index is -0.275. The van der Waals surface area contributed by atoms with Gasteiger partial charge in [-0.15, -0.1) is 11.3 Å². The SMILES string of the molecule is COc1ccc([C@@H](Nc2nc(C)cc(C)n2)c2c(NC(=O)c3ccccc3)sc(C)c2C)cc1. The number of nitrogens with zero attached hydrogens (tertiary/aromatic N) is 2. The van der Waals surface area contributed by atoms with Crippen LogP contribution in [-0.2, 0) is 0 Å². The number of thiophene rings is 1. The highest BCUT2D eigenvalue weighted by Gasteiger charge is 2.26. The number of benzene rings is 2. The fourth-order valence-electron chi connectivity index (χ4n) is 3.89. The van der Waals surface area contributed by atoms with Crippen molar-refractivity contribution in [2.45, 2.75) is 33.7 Å². The normalized spacial score (nSPS) is 11.7. The molecule has 0 aliphatic rings. The van der Waals surface area contributed by atoms with Crippen LogP contribution in [0.4, 0.5) is 10.9 Å². The molecule has 0 saturated carbocycles. The van der Waals surface area contributed by atoms with Crippen LogP contribution in [0.3, 0.4) is 0 Å². The van der Waals surface area contributed by atoms with Crippen LogP contribution in [0.15, 0.2) is 60.7 Å². The van der Waals surface area contributed by atoms with Crippen LogP contribution in [0, 0.1) is 27.7 Å². The van der Waals surface area contributed by atoms with Gasteiger partial charge in [0.1, 0.15) is 10.8 Å². The lowest BCUT2D eigenvalue weighted by Crippen LogP contribution is -2.19. The molecular formula is C27H28N4O2S. The number of hydrogen-bond donors (Lipinski definition) is 2. The number of carbonyl (C=O) groups is 1. The molecule has 0 saturated heterocycles. The van der Waals surface area contributed by atoms with E-state index in [1.54, 1.807) is 18.4 Å². The van der Waals surface area contributed by atoms with Gasteiger partial charge < -0.3 is 15.4 Å². The van der Waals surface area contributed by atoms with Crippen LogP contribution >= 0.6 is 11.3 Å². The lowest BCUT2D eigenvalue weighted by molar-refractivity contribution is 0.102. The summed E-state index contributed by atoms with van der Waals surface area (Å²) in [5.41, 5.74) is 5.52. The van der Waals surface area contributed by atoms with Crippen molar-refractivity contribution in [2.75, 3.05) is 17.7 Å². The van der Waals surface area contributed by atoms with Crippen LogP contribution in [0.25, 0.3) is 0 Å². The molecule has 0 aliphatic heterocycles. The van der Waals surface area contributed by atoms with Crippen LogP contribution in [0.5, 0.6) is 5.75 Å². The van der Waals surface area contributed by atoms with E-state index in [1.165, 1.54) is 0 Å². The van der Waals surface area contributed by atoms with E-state index in [0.29, 0.717) is 11.5 Å². The number of carbonyl (C=O) groups excluding carboxylic acids is 1. The van der Waals surface area contributed by atoms with E-state index in [0.717, 1.165) is 43.7 Å². The van der Waals surface area contributed by atoms with Crippen LogP contribution in [0.2, 0.25) is 0 Å². The summed E-state index contributed by atoms with van der Waals surface area (Å²) in [6.45, 7) is 8.06. The quantitative estimate of drug-likeness (QED) is 0.333. The van der Waals surface area contributed by atoms with Crippen molar-refractivity contribution >= 4 is 28.2 Å². The molecule has 7 heteroatoms. The third-order valence-electron chi connectivity index (χ3n) is 5.69. The first-order valence-electron chi connectivity index (χ1n) is 11.0.